The molecular formula is C10H18N2O4S. The Morgan fingerprint density at radius 1 is 1.59 bits per heavy atom. The molecule has 0 aromatic rings. The second-order valence-corrected chi connectivity index (χ2v) is 5.23. The van der Waals surface area contributed by atoms with Gasteiger partial charge in [-0.15, -0.1) is 0 Å². The molecule has 0 aromatic carbocycles. The van der Waals surface area contributed by atoms with Crippen LogP contribution in [-0.4, -0.2) is 62.8 Å². The van der Waals surface area contributed by atoms with E-state index in [1.165, 1.54) is 11.8 Å². The number of rotatable bonds is 6. The van der Waals surface area contributed by atoms with E-state index in [2.05, 4.69) is 4.99 Å². The molecule has 0 bridgehead atoms. The summed E-state index contributed by atoms with van der Waals surface area (Å²) in [5, 5.41) is 27.7. The highest BCUT2D eigenvalue weighted by Gasteiger charge is 2.33. The lowest BCUT2D eigenvalue weighted by molar-refractivity contribution is -0.138. The second-order valence-electron chi connectivity index (χ2n) is 4.08. The summed E-state index contributed by atoms with van der Waals surface area (Å²) in [6, 6.07) is -1.15. The van der Waals surface area contributed by atoms with Crippen molar-refractivity contribution in [2.24, 2.45) is 10.7 Å². The molecule has 7 heteroatoms. The van der Waals surface area contributed by atoms with Crippen LogP contribution in [0.3, 0.4) is 0 Å². The van der Waals surface area contributed by atoms with Gasteiger partial charge in [-0.1, -0.05) is 0 Å². The molecule has 17 heavy (non-hydrogen) atoms. The van der Waals surface area contributed by atoms with Crippen molar-refractivity contribution in [1.29, 1.82) is 0 Å². The number of hydrogen-bond acceptors (Lipinski definition) is 6. The van der Waals surface area contributed by atoms with Crippen molar-refractivity contribution in [2.75, 3.05) is 11.5 Å². The monoisotopic (exact) mass is 262 g/mol. The van der Waals surface area contributed by atoms with E-state index in [4.69, 9.17) is 10.8 Å². The van der Waals surface area contributed by atoms with Gasteiger partial charge in [-0.05, 0) is 19.1 Å². The van der Waals surface area contributed by atoms with Gasteiger partial charge in [-0.2, -0.15) is 11.8 Å². The summed E-state index contributed by atoms with van der Waals surface area (Å²) in [6.07, 6.45) is -1.34. The standard InChI is InChI=1S/C10H18N2O4S/c1-5-8(13)9(14)7(12-5)4-17-3-2-6(11)10(15)16/h6-9,13-14H,2-4,11H2,1H3,(H,15,16)/t6?,7-,8+,9-/m1/s1. The van der Waals surface area contributed by atoms with E-state index in [1.54, 1.807) is 6.92 Å². The first kappa shape index (κ1) is 14.4. The summed E-state index contributed by atoms with van der Waals surface area (Å²) in [7, 11) is 0. The molecule has 4 atom stereocenters. The lowest BCUT2D eigenvalue weighted by atomic mass is 10.1. The Morgan fingerprint density at radius 2 is 2.24 bits per heavy atom. The van der Waals surface area contributed by atoms with E-state index >= 15 is 0 Å². The van der Waals surface area contributed by atoms with E-state index in [-0.39, 0.29) is 6.04 Å². The van der Waals surface area contributed by atoms with E-state index in [9.17, 15) is 15.0 Å². The number of aliphatic hydroxyl groups excluding tert-OH is 2. The number of aliphatic hydroxyl groups is 2. The Kier molecular flexibility index (Phi) is 5.38. The van der Waals surface area contributed by atoms with E-state index in [1.807, 2.05) is 0 Å². The molecule has 0 aromatic heterocycles. The van der Waals surface area contributed by atoms with Gasteiger partial charge in [0, 0.05) is 11.5 Å². The quantitative estimate of drug-likeness (QED) is 0.460. The number of carboxylic acids is 1. The van der Waals surface area contributed by atoms with Gasteiger partial charge in [-0.3, -0.25) is 9.79 Å². The molecule has 1 rings (SSSR count). The van der Waals surface area contributed by atoms with Crippen LogP contribution in [0.25, 0.3) is 0 Å². The van der Waals surface area contributed by atoms with Gasteiger partial charge >= 0.3 is 5.97 Å². The average Bonchev–Trinajstić information content (AvgIpc) is 2.52. The van der Waals surface area contributed by atoms with Crippen LogP contribution < -0.4 is 5.73 Å². The number of nitrogens with zero attached hydrogens (tertiary/aromatic N) is 1. The molecule has 98 valence electrons. The van der Waals surface area contributed by atoms with Crippen LogP contribution in [0.1, 0.15) is 13.3 Å². The topological polar surface area (TPSA) is 116 Å². The summed E-state index contributed by atoms with van der Waals surface area (Å²) >= 11 is 1.48. The molecule has 0 radical (unpaired) electrons. The van der Waals surface area contributed by atoms with Gasteiger partial charge in [0.25, 0.3) is 0 Å². The molecule has 0 fully saturated rings. The van der Waals surface area contributed by atoms with Crippen LogP contribution in [-0.2, 0) is 4.79 Å². The predicted octanol–water partition coefficient (Wildman–Crippen LogP) is -0.913. The third kappa shape index (κ3) is 3.95. The molecule has 1 aliphatic heterocycles. The third-order valence-electron chi connectivity index (χ3n) is 2.69. The van der Waals surface area contributed by atoms with Gasteiger partial charge < -0.3 is 21.1 Å². The van der Waals surface area contributed by atoms with E-state index < -0.39 is 24.2 Å². The zero-order valence-corrected chi connectivity index (χ0v) is 10.4. The van der Waals surface area contributed by atoms with Crippen molar-refractivity contribution in [2.45, 2.75) is 37.6 Å². The molecule has 0 amide bonds. The number of thioether (sulfide) groups is 1. The van der Waals surface area contributed by atoms with Crippen molar-refractivity contribution in [3.63, 3.8) is 0 Å². The maximum atomic E-state index is 10.5. The number of carbonyl (C=O) groups is 1. The Morgan fingerprint density at radius 3 is 2.71 bits per heavy atom. The zero-order chi connectivity index (χ0) is 13.0. The molecule has 0 spiro atoms. The Hall–Kier alpha value is -0.630. The summed E-state index contributed by atoms with van der Waals surface area (Å²) in [6.45, 7) is 1.68. The summed E-state index contributed by atoms with van der Waals surface area (Å²) in [5.41, 5.74) is 5.90. The lowest BCUT2D eigenvalue weighted by Gasteiger charge is -2.15. The smallest absolute Gasteiger partial charge is 0.320 e. The Balaban J connectivity index is 2.22. The Labute approximate surface area is 104 Å². The van der Waals surface area contributed by atoms with Gasteiger partial charge in [0.2, 0.25) is 0 Å². The Bertz CT molecular complexity index is 311. The summed E-state index contributed by atoms with van der Waals surface area (Å²) in [4.78, 5) is 14.6. The molecule has 1 unspecified atom stereocenters. The van der Waals surface area contributed by atoms with Crippen molar-refractivity contribution in [3.8, 4) is 0 Å². The fraction of sp³-hybridized carbons (Fsp3) is 0.800. The maximum absolute atomic E-state index is 10.5. The number of hydrogen-bond donors (Lipinski definition) is 4. The molecular weight excluding hydrogens is 244 g/mol. The van der Waals surface area contributed by atoms with Crippen molar-refractivity contribution in [1.82, 2.24) is 0 Å². The van der Waals surface area contributed by atoms with E-state index in [0.717, 1.165) is 0 Å². The maximum Gasteiger partial charge on any atom is 0.320 e. The molecule has 1 aliphatic rings. The molecule has 6 nitrogen and oxygen atoms in total. The fourth-order valence-electron chi connectivity index (χ4n) is 1.55. The first-order valence-corrected chi connectivity index (χ1v) is 6.55. The highest BCUT2D eigenvalue weighted by atomic mass is 32.2. The summed E-state index contributed by atoms with van der Waals surface area (Å²) in [5.74, 6) is 0.152. The van der Waals surface area contributed by atoms with Crippen LogP contribution in [0.4, 0.5) is 0 Å². The molecule has 0 aliphatic carbocycles. The van der Waals surface area contributed by atoms with Gasteiger partial charge in [0.15, 0.2) is 0 Å². The lowest BCUT2D eigenvalue weighted by Crippen LogP contribution is -2.34. The normalized spacial score (nSPS) is 30.1. The van der Waals surface area contributed by atoms with Gasteiger partial charge in [0.1, 0.15) is 18.2 Å². The first-order chi connectivity index (χ1) is 7.93. The van der Waals surface area contributed by atoms with Crippen LogP contribution in [0.5, 0.6) is 0 Å². The van der Waals surface area contributed by atoms with Crippen LogP contribution in [0.15, 0.2) is 4.99 Å². The number of nitrogens with two attached hydrogens (primary N) is 1. The molecule has 5 N–H and O–H groups in total. The van der Waals surface area contributed by atoms with Crippen LogP contribution in [0.2, 0.25) is 0 Å². The molecule has 0 saturated heterocycles. The average molecular weight is 262 g/mol. The van der Waals surface area contributed by atoms with Crippen LogP contribution >= 0.6 is 11.8 Å². The largest absolute Gasteiger partial charge is 0.480 e. The van der Waals surface area contributed by atoms with E-state index in [0.29, 0.717) is 23.6 Å². The minimum Gasteiger partial charge on any atom is -0.480 e. The fourth-order valence-corrected chi connectivity index (χ4v) is 2.65. The van der Waals surface area contributed by atoms with Gasteiger partial charge in [0.05, 0.1) is 6.04 Å². The number of aliphatic imine (C=N–C) groups is 1. The first-order valence-electron chi connectivity index (χ1n) is 5.40. The van der Waals surface area contributed by atoms with Gasteiger partial charge in [-0.25, -0.2) is 0 Å². The number of aliphatic carboxylic acids is 1. The minimum atomic E-state index is -1.00. The van der Waals surface area contributed by atoms with Crippen molar-refractivity contribution in [3.05, 3.63) is 0 Å². The predicted molar refractivity (Wildman–Crippen MR) is 66.5 cm³/mol. The molecule has 1 heterocycles. The van der Waals surface area contributed by atoms with Crippen molar-refractivity contribution >= 4 is 23.4 Å². The minimum absolute atomic E-state index is 0.309. The molecule has 0 saturated carbocycles. The summed E-state index contributed by atoms with van der Waals surface area (Å²) < 4.78 is 0. The second kappa shape index (κ2) is 6.34. The SMILES string of the molecule is CC1=N[C@H](CSCCC(N)C(=O)O)[C@@H](O)[C@H]1O. The number of carboxylic acid groups (broad SMARTS) is 1. The highest BCUT2D eigenvalue weighted by Crippen LogP contribution is 2.19. The third-order valence-corrected chi connectivity index (χ3v) is 3.80. The van der Waals surface area contributed by atoms with Crippen molar-refractivity contribution < 1.29 is 20.1 Å². The van der Waals surface area contributed by atoms with Crippen LogP contribution in [0, 0.1) is 0 Å². The zero-order valence-electron chi connectivity index (χ0n) is 9.61. The highest BCUT2D eigenvalue weighted by molar-refractivity contribution is 7.99.